The topological polar surface area (TPSA) is 84.2 Å². The van der Waals surface area contributed by atoms with Crippen molar-refractivity contribution in [2.75, 3.05) is 13.6 Å². The Morgan fingerprint density at radius 1 is 1.38 bits per heavy atom. The van der Waals surface area contributed by atoms with Gasteiger partial charge in [-0.05, 0) is 5.92 Å². The number of nitrogens with one attached hydrogen (secondary N) is 2. The van der Waals surface area contributed by atoms with Crippen molar-refractivity contribution in [3.8, 4) is 0 Å². The quantitative estimate of drug-likeness (QED) is 0.518. The maximum absolute atomic E-state index is 11.2. The summed E-state index contributed by atoms with van der Waals surface area (Å²) in [4.78, 5) is 21.9. The highest BCUT2D eigenvalue weighted by atomic mass is 16.2. The lowest BCUT2D eigenvalue weighted by Crippen LogP contribution is -2.46. The number of rotatable bonds is 4. The van der Waals surface area contributed by atoms with Crippen molar-refractivity contribution < 1.29 is 9.59 Å². The summed E-state index contributed by atoms with van der Waals surface area (Å²) in [7, 11) is 1.51. The Morgan fingerprint density at radius 2 is 1.92 bits per heavy atom. The molecule has 0 rings (SSSR count). The first kappa shape index (κ1) is 11.9. The van der Waals surface area contributed by atoms with E-state index in [1.165, 1.54) is 7.05 Å². The lowest BCUT2D eigenvalue weighted by Gasteiger charge is -2.14. The van der Waals surface area contributed by atoms with Gasteiger partial charge in [0.25, 0.3) is 0 Å². The van der Waals surface area contributed by atoms with Gasteiger partial charge in [-0.15, -0.1) is 0 Å². The van der Waals surface area contributed by atoms with E-state index in [4.69, 9.17) is 5.73 Å². The normalized spacial score (nSPS) is 12.4. The van der Waals surface area contributed by atoms with Gasteiger partial charge in [-0.3, -0.25) is 9.59 Å². The first-order valence-corrected chi connectivity index (χ1v) is 4.23. The van der Waals surface area contributed by atoms with Crippen LogP contribution in [0.1, 0.15) is 13.8 Å². The molecular weight excluding hydrogens is 170 g/mol. The summed E-state index contributed by atoms with van der Waals surface area (Å²) >= 11 is 0. The number of carbonyl (C=O) groups is 2. The van der Waals surface area contributed by atoms with Crippen molar-refractivity contribution in [3.05, 3.63) is 0 Å². The molecule has 76 valence electrons. The molecule has 13 heavy (non-hydrogen) atoms. The van der Waals surface area contributed by atoms with Crippen LogP contribution in [-0.4, -0.2) is 31.4 Å². The molecule has 0 unspecified atom stereocenters. The van der Waals surface area contributed by atoms with E-state index in [-0.39, 0.29) is 24.3 Å². The number of likely N-dealkylation sites (N-methyl/N-ethyl adjacent to an activating group) is 1. The van der Waals surface area contributed by atoms with Gasteiger partial charge >= 0.3 is 0 Å². The minimum Gasteiger partial charge on any atom is -0.358 e. The Bertz CT molecular complexity index is 192. The third-order valence-corrected chi connectivity index (χ3v) is 1.72. The fourth-order valence-electron chi connectivity index (χ4n) is 0.676. The van der Waals surface area contributed by atoms with Gasteiger partial charge in [0.1, 0.15) is 0 Å². The van der Waals surface area contributed by atoms with Crippen LogP contribution in [0.5, 0.6) is 0 Å². The van der Waals surface area contributed by atoms with Crippen LogP contribution in [0.25, 0.3) is 0 Å². The molecule has 5 nitrogen and oxygen atoms in total. The Labute approximate surface area is 78.1 Å². The smallest absolute Gasteiger partial charge is 0.239 e. The fourth-order valence-corrected chi connectivity index (χ4v) is 0.676. The SMILES string of the molecule is CNC(=O)CNC(=O)[C@@H](N)C(C)C. The summed E-state index contributed by atoms with van der Waals surface area (Å²) in [5.74, 6) is -0.451. The summed E-state index contributed by atoms with van der Waals surface area (Å²) < 4.78 is 0. The number of hydrogen-bond acceptors (Lipinski definition) is 3. The Morgan fingerprint density at radius 3 is 2.31 bits per heavy atom. The van der Waals surface area contributed by atoms with Crippen LogP contribution in [0.2, 0.25) is 0 Å². The van der Waals surface area contributed by atoms with E-state index in [1.807, 2.05) is 13.8 Å². The van der Waals surface area contributed by atoms with E-state index in [1.54, 1.807) is 0 Å². The van der Waals surface area contributed by atoms with Gasteiger partial charge in [-0.1, -0.05) is 13.8 Å². The van der Waals surface area contributed by atoms with Gasteiger partial charge in [0.2, 0.25) is 11.8 Å². The van der Waals surface area contributed by atoms with E-state index in [0.717, 1.165) is 0 Å². The molecule has 4 N–H and O–H groups in total. The zero-order valence-corrected chi connectivity index (χ0v) is 8.26. The van der Waals surface area contributed by atoms with Crippen molar-refractivity contribution in [3.63, 3.8) is 0 Å². The summed E-state index contributed by atoms with van der Waals surface area (Å²) in [5, 5.41) is 4.83. The highest BCUT2D eigenvalue weighted by Crippen LogP contribution is 1.96. The second-order valence-electron chi connectivity index (χ2n) is 3.16. The molecule has 0 aromatic heterocycles. The molecule has 0 aliphatic rings. The predicted molar refractivity (Wildman–Crippen MR) is 49.9 cm³/mol. The maximum atomic E-state index is 11.2. The van der Waals surface area contributed by atoms with E-state index in [2.05, 4.69) is 10.6 Å². The minimum atomic E-state index is -0.551. The van der Waals surface area contributed by atoms with E-state index >= 15 is 0 Å². The van der Waals surface area contributed by atoms with Crippen LogP contribution in [0.15, 0.2) is 0 Å². The summed E-state index contributed by atoms with van der Waals surface area (Å²) in [6, 6.07) is -0.551. The highest BCUT2D eigenvalue weighted by Gasteiger charge is 2.16. The van der Waals surface area contributed by atoms with Crippen molar-refractivity contribution in [2.24, 2.45) is 11.7 Å². The van der Waals surface area contributed by atoms with Crippen molar-refractivity contribution in [2.45, 2.75) is 19.9 Å². The summed E-state index contributed by atoms with van der Waals surface area (Å²) in [5.41, 5.74) is 5.54. The second kappa shape index (κ2) is 5.53. The summed E-state index contributed by atoms with van der Waals surface area (Å²) in [6.45, 7) is 3.68. The van der Waals surface area contributed by atoms with Crippen LogP contribution < -0.4 is 16.4 Å². The third-order valence-electron chi connectivity index (χ3n) is 1.72. The number of amides is 2. The average molecular weight is 187 g/mol. The standard InChI is InChI=1S/C8H17N3O2/c1-5(2)7(9)8(13)11-4-6(12)10-3/h5,7H,4,9H2,1-3H3,(H,10,12)(H,11,13)/t7-/m0/s1. The molecule has 0 bridgehead atoms. The zero-order chi connectivity index (χ0) is 10.4. The second-order valence-corrected chi connectivity index (χ2v) is 3.16. The van der Waals surface area contributed by atoms with Crippen LogP contribution in [0.3, 0.4) is 0 Å². The molecule has 0 aromatic rings. The van der Waals surface area contributed by atoms with Crippen LogP contribution in [0, 0.1) is 5.92 Å². The lowest BCUT2D eigenvalue weighted by molar-refractivity contribution is -0.127. The van der Waals surface area contributed by atoms with Gasteiger partial charge in [-0.25, -0.2) is 0 Å². The van der Waals surface area contributed by atoms with Crippen LogP contribution >= 0.6 is 0 Å². The average Bonchev–Trinajstić information content (AvgIpc) is 2.11. The fraction of sp³-hybridized carbons (Fsp3) is 0.750. The number of nitrogens with two attached hydrogens (primary N) is 1. The number of carbonyl (C=O) groups excluding carboxylic acids is 2. The highest BCUT2D eigenvalue weighted by molar-refractivity contribution is 5.87. The van der Waals surface area contributed by atoms with Gasteiger partial charge in [0, 0.05) is 7.05 Å². The zero-order valence-electron chi connectivity index (χ0n) is 8.26. The van der Waals surface area contributed by atoms with E-state index in [9.17, 15) is 9.59 Å². The van der Waals surface area contributed by atoms with Gasteiger partial charge in [-0.2, -0.15) is 0 Å². The van der Waals surface area contributed by atoms with Crippen molar-refractivity contribution in [1.29, 1.82) is 0 Å². The van der Waals surface area contributed by atoms with Crippen LogP contribution in [-0.2, 0) is 9.59 Å². The lowest BCUT2D eigenvalue weighted by atomic mass is 10.1. The van der Waals surface area contributed by atoms with Crippen LogP contribution in [0.4, 0.5) is 0 Å². The summed E-state index contributed by atoms with van der Waals surface area (Å²) in [6.07, 6.45) is 0. The first-order valence-electron chi connectivity index (χ1n) is 4.23. The van der Waals surface area contributed by atoms with E-state index < -0.39 is 6.04 Å². The first-order chi connectivity index (χ1) is 5.99. The van der Waals surface area contributed by atoms with Gasteiger partial charge in [0.05, 0.1) is 12.6 Å². The minimum absolute atomic E-state index is 0.0181. The Balaban J connectivity index is 3.81. The number of hydrogen-bond donors (Lipinski definition) is 3. The van der Waals surface area contributed by atoms with Crippen molar-refractivity contribution in [1.82, 2.24) is 10.6 Å². The molecule has 5 heteroatoms. The molecule has 2 amide bonds. The van der Waals surface area contributed by atoms with Crippen molar-refractivity contribution >= 4 is 11.8 Å². The Kier molecular flexibility index (Phi) is 5.06. The molecular formula is C8H17N3O2. The molecule has 0 aromatic carbocycles. The third kappa shape index (κ3) is 4.47. The van der Waals surface area contributed by atoms with Gasteiger partial charge in [0.15, 0.2) is 0 Å². The molecule has 0 saturated carbocycles. The molecule has 0 spiro atoms. The molecule has 0 saturated heterocycles. The molecule has 0 aliphatic carbocycles. The Hall–Kier alpha value is -1.10. The maximum Gasteiger partial charge on any atom is 0.239 e. The van der Waals surface area contributed by atoms with Gasteiger partial charge < -0.3 is 16.4 Å². The van der Waals surface area contributed by atoms with E-state index in [0.29, 0.717) is 0 Å². The molecule has 1 atom stereocenters. The monoisotopic (exact) mass is 187 g/mol. The molecule has 0 radical (unpaired) electrons. The largest absolute Gasteiger partial charge is 0.358 e. The predicted octanol–water partition coefficient (Wildman–Crippen LogP) is -1.17. The molecule has 0 fully saturated rings. The molecule has 0 heterocycles. The molecule has 0 aliphatic heterocycles.